The van der Waals surface area contributed by atoms with E-state index in [1.165, 1.54) is 0 Å². The van der Waals surface area contributed by atoms with Crippen molar-refractivity contribution >= 4 is 11.9 Å². The van der Waals surface area contributed by atoms with Crippen LogP contribution in [0.3, 0.4) is 0 Å². The minimum Gasteiger partial charge on any atom is -0.481 e. The smallest absolute Gasteiger partial charge is 0.311 e. The largest absolute Gasteiger partial charge is 0.481 e. The number of carbonyl (C=O) groups excluding carboxylic acids is 1. The van der Waals surface area contributed by atoms with E-state index in [9.17, 15) is 14.7 Å². The number of nitrogens with zero attached hydrogens (tertiary/aromatic N) is 3. The van der Waals surface area contributed by atoms with Crippen LogP contribution < -0.4 is 0 Å². The maximum atomic E-state index is 12.4. The molecule has 1 aliphatic heterocycles. The zero-order valence-electron chi connectivity index (χ0n) is 13.2. The average molecular weight is 305 g/mol. The first kappa shape index (κ1) is 16.4. The molecule has 22 heavy (non-hydrogen) atoms. The van der Waals surface area contributed by atoms with Crippen molar-refractivity contribution in [1.29, 1.82) is 0 Å². The Morgan fingerprint density at radius 1 is 1.41 bits per heavy atom. The third kappa shape index (κ3) is 4.04. The lowest BCUT2D eigenvalue weighted by Crippen LogP contribution is -2.50. The number of carboxylic acid groups (broad SMARTS) is 1. The Hall–Kier alpha value is -1.95. The summed E-state index contributed by atoms with van der Waals surface area (Å²) in [5.74, 6) is -0.834. The zero-order valence-corrected chi connectivity index (χ0v) is 13.2. The number of hydrogen-bond donors (Lipinski definition) is 1. The van der Waals surface area contributed by atoms with Crippen LogP contribution in [0, 0.1) is 5.41 Å². The summed E-state index contributed by atoms with van der Waals surface area (Å²) >= 11 is 0. The van der Waals surface area contributed by atoms with Crippen molar-refractivity contribution in [2.24, 2.45) is 5.41 Å². The fourth-order valence-electron chi connectivity index (χ4n) is 2.81. The summed E-state index contributed by atoms with van der Waals surface area (Å²) in [4.78, 5) is 31.3. The fraction of sp³-hybridized carbons (Fsp3) is 0.562. The molecule has 6 nitrogen and oxygen atoms in total. The van der Waals surface area contributed by atoms with E-state index in [1.807, 2.05) is 24.1 Å². The number of amides is 1. The van der Waals surface area contributed by atoms with Crippen LogP contribution >= 0.6 is 0 Å². The molecule has 120 valence electrons. The summed E-state index contributed by atoms with van der Waals surface area (Å²) in [6.45, 7) is 3.61. The number of hydrogen-bond acceptors (Lipinski definition) is 4. The molecular weight excluding hydrogens is 282 g/mol. The molecule has 1 amide bonds. The van der Waals surface area contributed by atoms with Gasteiger partial charge in [0.1, 0.15) is 0 Å². The molecule has 0 aliphatic carbocycles. The van der Waals surface area contributed by atoms with Gasteiger partial charge in [-0.25, -0.2) is 0 Å². The highest BCUT2D eigenvalue weighted by molar-refractivity contribution is 5.80. The van der Waals surface area contributed by atoms with E-state index in [0.717, 1.165) is 12.0 Å². The molecule has 1 aromatic rings. The fourth-order valence-corrected chi connectivity index (χ4v) is 2.81. The van der Waals surface area contributed by atoms with E-state index < -0.39 is 11.4 Å². The molecule has 0 unspecified atom stereocenters. The molecule has 1 N–H and O–H groups in total. The molecule has 1 fully saturated rings. The quantitative estimate of drug-likeness (QED) is 0.885. The lowest BCUT2D eigenvalue weighted by atomic mass is 9.82. The van der Waals surface area contributed by atoms with Crippen molar-refractivity contribution in [3.63, 3.8) is 0 Å². The van der Waals surface area contributed by atoms with Crippen LogP contribution in [0.1, 0.15) is 25.3 Å². The third-order valence-corrected chi connectivity index (χ3v) is 4.17. The van der Waals surface area contributed by atoms with Gasteiger partial charge >= 0.3 is 5.97 Å². The van der Waals surface area contributed by atoms with Crippen LogP contribution in [0.5, 0.6) is 0 Å². The van der Waals surface area contributed by atoms with Crippen LogP contribution in [0.25, 0.3) is 0 Å². The molecule has 1 saturated heterocycles. The van der Waals surface area contributed by atoms with Crippen LogP contribution in [-0.4, -0.2) is 58.4 Å². The van der Waals surface area contributed by atoms with E-state index in [2.05, 4.69) is 4.98 Å². The second kappa shape index (κ2) is 6.87. The molecule has 6 heteroatoms. The Balaban J connectivity index is 1.90. The van der Waals surface area contributed by atoms with Gasteiger partial charge < -0.3 is 10.0 Å². The standard InChI is InChI=1S/C16H23N3O3/c1-16(15(21)22)6-3-9-19(12-16)14(20)11-18(2)10-13-4-7-17-8-5-13/h4-5,7-8H,3,6,9-12H2,1-2H3,(H,21,22)/t16-/m0/s1. The number of aromatic nitrogens is 1. The van der Waals surface area contributed by atoms with Gasteiger partial charge in [0.05, 0.1) is 12.0 Å². The van der Waals surface area contributed by atoms with Crippen molar-refractivity contribution < 1.29 is 14.7 Å². The molecular formula is C16H23N3O3. The minimum atomic E-state index is -0.824. The predicted octanol–water partition coefficient (Wildman–Crippen LogP) is 1.23. The SMILES string of the molecule is CN(CC(=O)N1CCC[C@](C)(C(=O)O)C1)Cc1ccncc1. The molecule has 0 spiro atoms. The number of rotatable bonds is 5. The summed E-state index contributed by atoms with van der Waals surface area (Å²) in [5.41, 5.74) is 0.275. The van der Waals surface area contributed by atoms with E-state index in [0.29, 0.717) is 26.1 Å². The highest BCUT2D eigenvalue weighted by atomic mass is 16.4. The van der Waals surface area contributed by atoms with Gasteiger partial charge in [-0.3, -0.25) is 19.5 Å². The Morgan fingerprint density at radius 3 is 2.73 bits per heavy atom. The lowest BCUT2D eigenvalue weighted by Gasteiger charge is -2.38. The van der Waals surface area contributed by atoms with Gasteiger partial charge in [0, 0.05) is 32.0 Å². The minimum absolute atomic E-state index is 0.0104. The number of carboxylic acids is 1. The molecule has 0 aromatic carbocycles. The van der Waals surface area contributed by atoms with Crippen molar-refractivity contribution in [2.45, 2.75) is 26.3 Å². The molecule has 0 radical (unpaired) electrons. The van der Waals surface area contributed by atoms with E-state index in [4.69, 9.17) is 0 Å². The van der Waals surface area contributed by atoms with Crippen LogP contribution in [0.15, 0.2) is 24.5 Å². The first-order valence-corrected chi connectivity index (χ1v) is 7.49. The second-order valence-corrected chi connectivity index (χ2v) is 6.31. The number of likely N-dealkylation sites (tertiary alicyclic amines) is 1. The second-order valence-electron chi connectivity index (χ2n) is 6.31. The van der Waals surface area contributed by atoms with Gasteiger partial charge in [-0.15, -0.1) is 0 Å². The summed E-state index contributed by atoms with van der Waals surface area (Å²) in [7, 11) is 1.89. The molecule has 0 saturated carbocycles. The number of piperidine rings is 1. The van der Waals surface area contributed by atoms with Crippen LogP contribution in [-0.2, 0) is 16.1 Å². The van der Waals surface area contributed by atoms with E-state index >= 15 is 0 Å². The maximum absolute atomic E-state index is 12.4. The molecule has 2 rings (SSSR count). The highest BCUT2D eigenvalue weighted by Crippen LogP contribution is 2.29. The maximum Gasteiger partial charge on any atom is 0.311 e. The number of aliphatic carboxylic acids is 1. The van der Waals surface area contributed by atoms with Crippen LogP contribution in [0.2, 0.25) is 0 Å². The lowest BCUT2D eigenvalue weighted by molar-refractivity contribution is -0.153. The monoisotopic (exact) mass is 305 g/mol. The first-order valence-electron chi connectivity index (χ1n) is 7.49. The van der Waals surface area contributed by atoms with Gasteiger partial charge in [-0.05, 0) is 44.5 Å². The number of likely N-dealkylation sites (N-methyl/N-ethyl adjacent to an activating group) is 1. The molecule has 1 aromatic heterocycles. The Labute approximate surface area is 130 Å². The van der Waals surface area contributed by atoms with Crippen LogP contribution in [0.4, 0.5) is 0 Å². The normalized spacial score (nSPS) is 21.9. The Kier molecular flexibility index (Phi) is 5.13. The predicted molar refractivity (Wildman–Crippen MR) is 82.1 cm³/mol. The van der Waals surface area contributed by atoms with E-state index in [1.54, 1.807) is 24.2 Å². The van der Waals surface area contributed by atoms with Gasteiger partial charge in [0.25, 0.3) is 0 Å². The van der Waals surface area contributed by atoms with Crippen molar-refractivity contribution in [2.75, 3.05) is 26.7 Å². The van der Waals surface area contributed by atoms with Gasteiger partial charge in [-0.1, -0.05) is 0 Å². The molecule has 1 aliphatic rings. The van der Waals surface area contributed by atoms with Gasteiger partial charge in [0.2, 0.25) is 5.91 Å². The molecule has 1 atom stereocenters. The highest BCUT2D eigenvalue weighted by Gasteiger charge is 2.39. The molecule has 2 heterocycles. The van der Waals surface area contributed by atoms with Crippen molar-refractivity contribution in [3.05, 3.63) is 30.1 Å². The summed E-state index contributed by atoms with van der Waals surface area (Å²) in [6, 6.07) is 3.84. The Morgan fingerprint density at radius 2 is 2.09 bits per heavy atom. The first-order chi connectivity index (χ1) is 10.4. The zero-order chi connectivity index (χ0) is 16.2. The van der Waals surface area contributed by atoms with Crippen molar-refractivity contribution in [1.82, 2.24) is 14.8 Å². The Bertz CT molecular complexity index is 535. The third-order valence-electron chi connectivity index (χ3n) is 4.17. The summed E-state index contributed by atoms with van der Waals surface area (Å²) in [5, 5.41) is 9.32. The van der Waals surface area contributed by atoms with Gasteiger partial charge in [0.15, 0.2) is 0 Å². The van der Waals surface area contributed by atoms with E-state index in [-0.39, 0.29) is 12.5 Å². The number of pyridine rings is 1. The summed E-state index contributed by atoms with van der Waals surface area (Å²) in [6.07, 6.45) is 4.82. The summed E-state index contributed by atoms with van der Waals surface area (Å²) < 4.78 is 0. The number of carbonyl (C=O) groups is 2. The van der Waals surface area contributed by atoms with Crippen molar-refractivity contribution in [3.8, 4) is 0 Å². The molecule has 0 bridgehead atoms. The van der Waals surface area contributed by atoms with Gasteiger partial charge in [-0.2, -0.15) is 0 Å². The topological polar surface area (TPSA) is 73.7 Å². The average Bonchev–Trinajstić information content (AvgIpc) is 2.48.